The quantitative estimate of drug-likeness (QED) is 0.774. The third-order valence-corrected chi connectivity index (χ3v) is 2.06. The Morgan fingerprint density at radius 3 is 2.94 bits per heavy atom. The Kier molecular flexibility index (Phi) is 3.67. The van der Waals surface area contributed by atoms with Gasteiger partial charge >= 0.3 is 5.97 Å². The number of hydrogen-bond donors (Lipinski definition) is 2. The lowest BCUT2D eigenvalue weighted by Gasteiger charge is -2.18. The number of aromatic nitrogens is 1. The molecule has 1 aromatic rings. The van der Waals surface area contributed by atoms with Gasteiger partial charge in [0, 0.05) is 19.8 Å². The molecular formula is C10H12N4O2. The smallest absolute Gasteiger partial charge is 0.337 e. The minimum absolute atomic E-state index is 0.0509. The number of anilines is 2. The molecule has 0 unspecified atom stereocenters. The second-order valence-corrected chi connectivity index (χ2v) is 3.27. The highest BCUT2D eigenvalue weighted by Gasteiger charge is 2.10. The highest BCUT2D eigenvalue weighted by Crippen LogP contribution is 2.19. The number of nitrogens with two attached hydrogens (primary N) is 1. The van der Waals surface area contributed by atoms with Crippen molar-refractivity contribution >= 4 is 17.5 Å². The molecule has 0 saturated carbocycles. The average Bonchev–Trinajstić information content (AvgIpc) is 2.25. The van der Waals surface area contributed by atoms with Crippen molar-refractivity contribution in [1.29, 1.82) is 5.26 Å². The number of pyridine rings is 1. The zero-order chi connectivity index (χ0) is 12.1. The van der Waals surface area contributed by atoms with E-state index in [9.17, 15) is 4.79 Å². The zero-order valence-corrected chi connectivity index (χ0v) is 8.84. The number of rotatable bonds is 4. The van der Waals surface area contributed by atoms with Gasteiger partial charge < -0.3 is 15.7 Å². The Labute approximate surface area is 92.9 Å². The predicted octanol–water partition coefficient (Wildman–Crippen LogP) is 0.712. The number of aromatic carboxylic acids is 1. The van der Waals surface area contributed by atoms with E-state index in [-0.39, 0.29) is 5.56 Å². The first-order valence-corrected chi connectivity index (χ1v) is 4.63. The summed E-state index contributed by atoms with van der Waals surface area (Å²) in [6, 6.07) is 3.37. The Bertz CT molecular complexity index is 439. The summed E-state index contributed by atoms with van der Waals surface area (Å²) in [6.45, 7) is 0.500. The van der Waals surface area contributed by atoms with Crippen molar-refractivity contribution in [2.24, 2.45) is 0 Å². The normalized spacial score (nSPS) is 9.50. The molecule has 0 saturated heterocycles. The summed E-state index contributed by atoms with van der Waals surface area (Å²) >= 11 is 0. The Balaban J connectivity index is 2.91. The van der Waals surface area contributed by atoms with Crippen LogP contribution in [0.3, 0.4) is 0 Å². The van der Waals surface area contributed by atoms with Gasteiger partial charge in [-0.05, 0) is 6.07 Å². The second-order valence-electron chi connectivity index (χ2n) is 3.27. The Morgan fingerprint density at radius 1 is 1.75 bits per heavy atom. The minimum atomic E-state index is -1.06. The maximum absolute atomic E-state index is 10.7. The van der Waals surface area contributed by atoms with Gasteiger partial charge in [-0.2, -0.15) is 5.26 Å². The van der Waals surface area contributed by atoms with Gasteiger partial charge in [-0.1, -0.05) is 0 Å². The van der Waals surface area contributed by atoms with Crippen molar-refractivity contribution in [3.63, 3.8) is 0 Å². The SMILES string of the molecule is CN(CCC#N)c1ncc(C(=O)O)cc1N. The molecule has 0 spiro atoms. The van der Waals surface area contributed by atoms with Gasteiger partial charge in [0.05, 0.1) is 23.7 Å². The van der Waals surface area contributed by atoms with Crippen LogP contribution in [0.15, 0.2) is 12.3 Å². The van der Waals surface area contributed by atoms with Gasteiger partial charge in [0.15, 0.2) is 5.82 Å². The number of nitrogens with zero attached hydrogens (tertiary/aromatic N) is 3. The molecule has 1 rings (SSSR count). The molecule has 0 atom stereocenters. The molecule has 0 aliphatic heterocycles. The maximum atomic E-state index is 10.7. The number of carboxylic acid groups (broad SMARTS) is 1. The number of hydrogen-bond acceptors (Lipinski definition) is 5. The van der Waals surface area contributed by atoms with Crippen LogP contribution in [0.1, 0.15) is 16.8 Å². The maximum Gasteiger partial charge on any atom is 0.337 e. The minimum Gasteiger partial charge on any atom is -0.478 e. The third-order valence-electron chi connectivity index (χ3n) is 2.06. The average molecular weight is 220 g/mol. The largest absolute Gasteiger partial charge is 0.478 e. The van der Waals surface area contributed by atoms with Crippen LogP contribution >= 0.6 is 0 Å². The van der Waals surface area contributed by atoms with Crippen LogP contribution in [0.25, 0.3) is 0 Å². The zero-order valence-electron chi connectivity index (χ0n) is 8.84. The van der Waals surface area contributed by atoms with Crippen molar-refractivity contribution < 1.29 is 9.90 Å². The molecule has 0 radical (unpaired) electrons. The van der Waals surface area contributed by atoms with E-state index in [4.69, 9.17) is 16.1 Å². The van der Waals surface area contributed by atoms with Gasteiger partial charge in [-0.15, -0.1) is 0 Å². The predicted molar refractivity (Wildman–Crippen MR) is 59.1 cm³/mol. The lowest BCUT2D eigenvalue weighted by molar-refractivity contribution is 0.0696. The van der Waals surface area contributed by atoms with E-state index in [1.807, 2.05) is 6.07 Å². The molecular weight excluding hydrogens is 208 g/mol. The molecule has 0 fully saturated rings. The fourth-order valence-corrected chi connectivity index (χ4v) is 1.23. The Morgan fingerprint density at radius 2 is 2.44 bits per heavy atom. The van der Waals surface area contributed by atoms with Crippen molar-refractivity contribution in [3.8, 4) is 6.07 Å². The molecule has 84 valence electrons. The van der Waals surface area contributed by atoms with E-state index in [2.05, 4.69) is 4.98 Å². The number of carboxylic acids is 1. The summed E-state index contributed by atoms with van der Waals surface area (Å²) in [4.78, 5) is 16.3. The van der Waals surface area contributed by atoms with Crippen molar-refractivity contribution in [3.05, 3.63) is 17.8 Å². The van der Waals surface area contributed by atoms with Crippen molar-refractivity contribution in [2.45, 2.75) is 6.42 Å². The number of nitriles is 1. The third kappa shape index (κ3) is 2.60. The topological polar surface area (TPSA) is 103 Å². The summed E-state index contributed by atoms with van der Waals surface area (Å²) in [5.74, 6) is -0.578. The van der Waals surface area contributed by atoms with Crippen LogP contribution < -0.4 is 10.6 Å². The van der Waals surface area contributed by atoms with Gasteiger partial charge in [0.2, 0.25) is 0 Å². The molecule has 0 aliphatic carbocycles. The molecule has 0 aromatic carbocycles. The number of nitrogen functional groups attached to an aromatic ring is 1. The highest BCUT2D eigenvalue weighted by molar-refractivity contribution is 5.89. The first-order chi connectivity index (χ1) is 7.56. The summed E-state index contributed by atoms with van der Waals surface area (Å²) in [7, 11) is 1.75. The molecule has 16 heavy (non-hydrogen) atoms. The summed E-state index contributed by atoms with van der Waals surface area (Å²) in [5, 5.41) is 17.2. The molecule has 0 bridgehead atoms. The van der Waals surface area contributed by atoms with Crippen LogP contribution in [0.4, 0.5) is 11.5 Å². The van der Waals surface area contributed by atoms with Crippen LogP contribution in [0.5, 0.6) is 0 Å². The molecule has 0 amide bonds. The lowest BCUT2D eigenvalue weighted by atomic mass is 10.2. The molecule has 6 heteroatoms. The highest BCUT2D eigenvalue weighted by atomic mass is 16.4. The monoisotopic (exact) mass is 220 g/mol. The summed E-state index contributed by atoms with van der Waals surface area (Å²) in [6.07, 6.45) is 1.61. The van der Waals surface area contributed by atoms with Gasteiger partial charge in [0.25, 0.3) is 0 Å². The standard InChI is InChI=1S/C10H12N4O2/c1-14(4-2-3-11)9-8(12)5-7(6-13-9)10(15)16/h5-6H,2,4,12H2,1H3,(H,15,16). The fourth-order valence-electron chi connectivity index (χ4n) is 1.23. The van der Waals surface area contributed by atoms with Crippen LogP contribution in [-0.2, 0) is 0 Å². The van der Waals surface area contributed by atoms with Gasteiger partial charge in [0.1, 0.15) is 0 Å². The fraction of sp³-hybridized carbons (Fsp3) is 0.300. The molecule has 3 N–H and O–H groups in total. The van der Waals surface area contributed by atoms with Crippen molar-refractivity contribution in [2.75, 3.05) is 24.2 Å². The van der Waals surface area contributed by atoms with Crippen LogP contribution in [-0.4, -0.2) is 29.7 Å². The van der Waals surface area contributed by atoms with Gasteiger partial charge in [-0.3, -0.25) is 0 Å². The van der Waals surface area contributed by atoms with Gasteiger partial charge in [-0.25, -0.2) is 9.78 Å². The number of carbonyl (C=O) groups is 1. The van der Waals surface area contributed by atoms with E-state index in [1.165, 1.54) is 12.3 Å². The molecule has 0 aliphatic rings. The van der Waals surface area contributed by atoms with E-state index >= 15 is 0 Å². The first kappa shape index (κ1) is 11.8. The van der Waals surface area contributed by atoms with E-state index in [1.54, 1.807) is 11.9 Å². The molecule has 1 heterocycles. The lowest BCUT2D eigenvalue weighted by Crippen LogP contribution is -2.21. The Hall–Kier alpha value is -2.29. The van der Waals surface area contributed by atoms with Crippen LogP contribution in [0, 0.1) is 11.3 Å². The van der Waals surface area contributed by atoms with Crippen LogP contribution in [0.2, 0.25) is 0 Å². The van der Waals surface area contributed by atoms with Crippen molar-refractivity contribution in [1.82, 2.24) is 4.98 Å². The summed E-state index contributed by atoms with van der Waals surface area (Å²) in [5.41, 5.74) is 6.02. The molecule has 1 aromatic heterocycles. The second kappa shape index (κ2) is 4.98. The molecule has 6 nitrogen and oxygen atoms in total. The van der Waals surface area contributed by atoms with E-state index < -0.39 is 5.97 Å². The van der Waals surface area contributed by atoms with E-state index in [0.29, 0.717) is 24.5 Å². The summed E-state index contributed by atoms with van der Waals surface area (Å²) < 4.78 is 0. The first-order valence-electron chi connectivity index (χ1n) is 4.63. The van der Waals surface area contributed by atoms with E-state index in [0.717, 1.165) is 0 Å².